The third kappa shape index (κ3) is 4.54. The van der Waals surface area contributed by atoms with Crippen LogP contribution < -0.4 is 29.1 Å². The molecule has 2 heterocycles. The number of rotatable bonds is 6. The van der Waals surface area contributed by atoms with Crippen molar-refractivity contribution in [2.45, 2.75) is 32.7 Å². The van der Waals surface area contributed by atoms with E-state index in [4.69, 9.17) is 19.2 Å². The van der Waals surface area contributed by atoms with Gasteiger partial charge in [0.05, 0.1) is 30.0 Å². The van der Waals surface area contributed by atoms with Crippen molar-refractivity contribution in [1.29, 1.82) is 0 Å². The van der Waals surface area contributed by atoms with Gasteiger partial charge in [-0.2, -0.15) is 0 Å². The SMILES string of the molecule is CCOc1cc(/C=c2\sc3n(c2=O)[C@@H](c2ccccc2OC)C2=C(N=3)c3ccccc3CC2)ccc1OC(C)=O. The van der Waals surface area contributed by atoms with Gasteiger partial charge in [-0.1, -0.05) is 59.9 Å². The lowest BCUT2D eigenvalue weighted by atomic mass is 9.83. The second-order valence-corrected chi connectivity index (χ2v) is 10.6. The number of hydrogen-bond donors (Lipinski definition) is 0. The van der Waals surface area contributed by atoms with Crippen LogP contribution in [0.2, 0.25) is 0 Å². The van der Waals surface area contributed by atoms with Gasteiger partial charge in [0.1, 0.15) is 5.75 Å². The molecular weight excluding hydrogens is 524 g/mol. The Kier molecular flexibility index (Phi) is 6.86. The number of carbonyl (C=O) groups excluding carboxylic acids is 1. The molecule has 1 aliphatic heterocycles. The highest BCUT2D eigenvalue weighted by molar-refractivity contribution is 7.07. The molecule has 1 atom stereocenters. The molecule has 40 heavy (non-hydrogen) atoms. The van der Waals surface area contributed by atoms with E-state index in [0.717, 1.165) is 46.6 Å². The Morgan fingerprint density at radius 1 is 1.05 bits per heavy atom. The summed E-state index contributed by atoms with van der Waals surface area (Å²) < 4.78 is 19.1. The molecule has 0 saturated heterocycles. The predicted octanol–water partition coefficient (Wildman–Crippen LogP) is 4.65. The van der Waals surface area contributed by atoms with Crippen LogP contribution >= 0.6 is 11.3 Å². The van der Waals surface area contributed by atoms with E-state index in [2.05, 4.69) is 18.2 Å². The number of aromatic nitrogens is 1. The van der Waals surface area contributed by atoms with Crippen LogP contribution in [0.25, 0.3) is 11.8 Å². The number of hydrogen-bond acceptors (Lipinski definition) is 7. The molecule has 0 unspecified atom stereocenters. The van der Waals surface area contributed by atoms with Gasteiger partial charge in [-0.25, -0.2) is 4.99 Å². The number of thiazole rings is 1. The van der Waals surface area contributed by atoms with Gasteiger partial charge in [0.2, 0.25) is 0 Å². The maximum absolute atomic E-state index is 14.1. The second kappa shape index (κ2) is 10.6. The average molecular weight is 553 g/mol. The standard InChI is InChI=1S/C32H28N2O5S/c1-4-38-27-17-20(13-16-26(27)39-19(2)35)18-28-31(36)34-30(23-11-7-8-12-25(23)37-3)24-15-14-21-9-5-6-10-22(21)29(24)33-32(34)40-28/h5-13,16-18,30H,4,14-15H2,1-3H3/b28-18-/t30-/m0/s1. The Morgan fingerprint density at radius 2 is 1.85 bits per heavy atom. The summed E-state index contributed by atoms with van der Waals surface area (Å²) >= 11 is 1.36. The molecule has 0 spiro atoms. The average Bonchev–Trinajstić information content (AvgIpc) is 3.27. The van der Waals surface area contributed by atoms with E-state index in [1.54, 1.807) is 29.9 Å². The molecule has 0 bridgehead atoms. The van der Waals surface area contributed by atoms with Gasteiger partial charge in [-0.15, -0.1) is 0 Å². The normalized spacial score (nSPS) is 16.0. The van der Waals surface area contributed by atoms with Crippen LogP contribution in [0.4, 0.5) is 0 Å². The summed E-state index contributed by atoms with van der Waals surface area (Å²) in [5, 5.41) is 0. The van der Waals surface area contributed by atoms with Crippen LogP contribution in [0, 0.1) is 0 Å². The van der Waals surface area contributed by atoms with E-state index in [1.165, 1.54) is 23.8 Å². The van der Waals surface area contributed by atoms with E-state index in [-0.39, 0.29) is 11.6 Å². The summed E-state index contributed by atoms with van der Waals surface area (Å²) in [5.41, 5.74) is 6.01. The summed E-state index contributed by atoms with van der Waals surface area (Å²) in [6.45, 7) is 3.62. The largest absolute Gasteiger partial charge is 0.496 e. The number of allylic oxidation sites excluding steroid dienone is 1. The first-order valence-electron chi connectivity index (χ1n) is 13.2. The number of nitrogens with zero attached hydrogens (tertiary/aromatic N) is 2. The summed E-state index contributed by atoms with van der Waals surface area (Å²) in [5.74, 6) is 1.09. The maximum Gasteiger partial charge on any atom is 0.308 e. The quantitative estimate of drug-likeness (QED) is 0.257. The smallest absolute Gasteiger partial charge is 0.308 e. The van der Waals surface area contributed by atoms with Crippen molar-refractivity contribution in [3.05, 3.63) is 114 Å². The minimum atomic E-state index is -0.427. The zero-order chi connectivity index (χ0) is 27.8. The zero-order valence-electron chi connectivity index (χ0n) is 22.5. The lowest BCUT2D eigenvalue weighted by Crippen LogP contribution is -2.39. The molecule has 6 rings (SSSR count). The fourth-order valence-electron chi connectivity index (χ4n) is 5.46. The van der Waals surface area contributed by atoms with E-state index >= 15 is 0 Å². The Hall–Kier alpha value is -4.43. The van der Waals surface area contributed by atoms with Crippen molar-refractivity contribution in [1.82, 2.24) is 4.57 Å². The number of methoxy groups -OCH3 is 1. The first-order valence-corrected chi connectivity index (χ1v) is 14.0. The lowest BCUT2D eigenvalue weighted by molar-refractivity contribution is -0.132. The van der Waals surface area contributed by atoms with Crippen molar-refractivity contribution in [2.75, 3.05) is 13.7 Å². The highest BCUT2D eigenvalue weighted by atomic mass is 32.1. The number of benzene rings is 3. The van der Waals surface area contributed by atoms with Gasteiger partial charge < -0.3 is 14.2 Å². The Bertz CT molecular complexity index is 1850. The van der Waals surface area contributed by atoms with Crippen LogP contribution in [0.15, 0.2) is 82.1 Å². The van der Waals surface area contributed by atoms with Gasteiger partial charge in [0.15, 0.2) is 16.3 Å². The molecule has 3 aromatic carbocycles. The van der Waals surface area contributed by atoms with Crippen molar-refractivity contribution in [3.63, 3.8) is 0 Å². The zero-order valence-corrected chi connectivity index (χ0v) is 23.3. The maximum atomic E-state index is 14.1. The van der Waals surface area contributed by atoms with Crippen molar-refractivity contribution >= 4 is 29.1 Å². The molecule has 0 fully saturated rings. The first kappa shape index (κ1) is 25.8. The monoisotopic (exact) mass is 552 g/mol. The third-order valence-corrected chi connectivity index (χ3v) is 8.11. The van der Waals surface area contributed by atoms with Crippen LogP contribution in [0.1, 0.15) is 48.6 Å². The summed E-state index contributed by atoms with van der Waals surface area (Å²) in [6.07, 6.45) is 3.52. The first-order chi connectivity index (χ1) is 19.5. The fraction of sp³-hybridized carbons (Fsp3) is 0.219. The van der Waals surface area contributed by atoms with Gasteiger partial charge in [-0.05, 0) is 60.7 Å². The van der Waals surface area contributed by atoms with Gasteiger partial charge >= 0.3 is 5.97 Å². The van der Waals surface area contributed by atoms with E-state index in [1.807, 2.05) is 43.3 Å². The molecule has 1 aromatic heterocycles. The molecule has 1 aliphatic carbocycles. The topological polar surface area (TPSA) is 79.1 Å². The van der Waals surface area contributed by atoms with Crippen LogP contribution in [0.3, 0.4) is 0 Å². The second-order valence-electron chi connectivity index (χ2n) is 9.59. The molecule has 0 amide bonds. The Morgan fingerprint density at radius 3 is 2.65 bits per heavy atom. The summed E-state index contributed by atoms with van der Waals surface area (Å²) in [6, 6.07) is 21.2. The number of fused-ring (bicyclic) bond motifs is 3. The molecule has 0 radical (unpaired) electrons. The number of aryl methyl sites for hydroxylation is 1. The lowest BCUT2D eigenvalue weighted by Gasteiger charge is -2.31. The molecule has 8 heteroatoms. The minimum Gasteiger partial charge on any atom is -0.496 e. The van der Waals surface area contributed by atoms with Crippen LogP contribution in [0.5, 0.6) is 17.2 Å². The van der Waals surface area contributed by atoms with E-state index in [0.29, 0.717) is 27.4 Å². The van der Waals surface area contributed by atoms with Crippen molar-refractivity contribution in [3.8, 4) is 17.2 Å². The Balaban J connectivity index is 1.56. The van der Waals surface area contributed by atoms with Crippen LogP contribution in [-0.4, -0.2) is 24.3 Å². The number of ether oxygens (including phenoxy) is 3. The molecule has 2 aliphatic rings. The van der Waals surface area contributed by atoms with E-state index < -0.39 is 5.97 Å². The molecule has 4 aromatic rings. The molecule has 0 saturated carbocycles. The third-order valence-electron chi connectivity index (χ3n) is 7.13. The molecule has 202 valence electrons. The van der Waals surface area contributed by atoms with Crippen LogP contribution in [-0.2, 0) is 11.2 Å². The molecule has 0 N–H and O–H groups in total. The number of carbonyl (C=O) groups is 1. The number of para-hydroxylation sites is 1. The molecule has 7 nitrogen and oxygen atoms in total. The number of esters is 1. The van der Waals surface area contributed by atoms with Gasteiger partial charge in [0.25, 0.3) is 5.56 Å². The van der Waals surface area contributed by atoms with E-state index in [9.17, 15) is 9.59 Å². The fourth-order valence-corrected chi connectivity index (χ4v) is 6.47. The van der Waals surface area contributed by atoms with Gasteiger partial charge in [-0.3, -0.25) is 14.2 Å². The highest BCUT2D eigenvalue weighted by Gasteiger charge is 2.34. The van der Waals surface area contributed by atoms with Crippen molar-refractivity contribution < 1.29 is 19.0 Å². The summed E-state index contributed by atoms with van der Waals surface area (Å²) in [4.78, 5) is 31.3. The predicted molar refractivity (Wildman–Crippen MR) is 155 cm³/mol. The minimum absolute atomic E-state index is 0.118. The summed E-state index contributed by atoms with van der Waals surface area (Å²) in [7, 11) is 1.66. The highest BCUT2D eigenvalue weighted by Crippen LogP contribution is 2.43. The van der Waals surface area contributed by atoms with Crippen molar-refractivity contribution in [2.24, 2.45) is 4.99 Å². The Labute approximate surface area is 235 Å². The molecular formula is C32H28N2O5S. The van der Waals surface area contributed by atoms with Gasteiger partial charge in [0, 0.05) is 18.1 Å².